The molecule has 3 nitrogen and oxygen atoms in total. The van der Waals surface area contributed by atoms with Gasteiger partial charge in [0.05, 0.1) is 0 Å². The minimum absolute atomic E-state index is 0.318. The number of nitrogens with zero attached hydrogens (tertiary/aromatic N) is 1. The Morgan fingerprint density at radius 3 is 2.61 bits per heavy atom. The number of hydrogen-bond acceptors (Lipinski definition) is 2. The summed E-state index contributed by atoms with van der Waals surface area (Å²) in [6, 6.07) is 8.43. The molecule has 0 heterocycles. The van der Waals surface area contributed by atoms with Crippen molar-refractivity contribution in [2.75, 3.05) is 20.6 Å². The summed E-state index contributed by atoms with van der Waals surface area (Å²) in [6.07, 6.45) is 11.6. The average molecular weight is 470 g/mol. The smallest absolute Gasteiger partial charge is 0.166 e. The summed E-state index contributed by atoms with van der Waals surface area (Å²) >= 11 is 5.77. The van der Waals surface area contributed by atoms with Crippen LogP contribution in [-0.2, 0) is 11.8 Å². The normalized spacial score (nSPS) is 34.0. The van der Waals surface area contributed by atoms with Crippen molar-refractivity contribution in [2.24, 2.45) is 11.3 Å². The minimum Gasteiger partial charge on any atom is -0.362 e. The first-order valence-corrected chi connectivity index (χ1v) is 13.9. The Morgan fingerprint density at radius 1 is 1.12 bits per heavy atom. The molecule has 0 unspecified atom stereocenters. The first-order chi connectivity index (χ1) is 15.6. The number of fused-ring (bicyclic) bond motifs is 3. The van der Waals surface area contributed by atoms with Crippen molar-refractivity contribution in [1.29, 1.82) is 0 Å². The number of aryl methyl sites for hydroxylation is 1. The zero-order valence-corrected chi connectivity index (χ0v) is 22.8. The number of benzene rings is 1. The Morgan fingerprint density at radius 2 is 1.88 bits per heavy atom. The Bertz CT molecular complexity index is 849. The largest absolute Gasteiger partial charge is 0.362 e. The van der Waals surface area contributed by atoms with Crippen LogP contribution in [0.5, 0.6) is 0 Å². The van der Waals surface area contributed by atoms with Gasteiger partial charge in [-0.3, -0.25) is 0 Å². The minimum atomic E-state index is 0.318. The fraction of sp³-hybridized carbons (Fsp3) is 0.759. The van der Waals surface area contributed by atoms with Crippen molar-refractivity contribution >= 4 is 17.3 Å². The summed E-state index contributed by atoms with van der Waals surface area (Å²) in [7, 11) is 4.40. The van der Waals surface area contributed by atoms with Gasteiger partial charge < -0.3 is 15.5 Å². The average Bonchev–Trinajstić information content (AvgIpc) is 2.78. The van der Waals surface area contributed by atoms with Gasteiger partial charge in [-0.05, 0) is 111 Å². The van der Waals surface area contributed by atoms with E-state index in [9.17, 15) is 0 Å². The highest BCUT2D eigenvalue weighted by molar-refractivity contribution is 7.80. The topological polar surface area (TPSA) is 27.3 Å². The van der Waals surface area contributed by atoms with Crippen molar-refractivity contribution in [3.63, 3.8) is 0 Å². The molecule has 33 heavy (non-hydrogen) atoms. The maximum Gasteiger partial charge on any atom is 0.166 e. The van der Waals surface area contributed by atoms with Gasteiger partial charge in [0.1, 0.15) is 0 Å². The van der Waals surface area contributed by atoms with Crippen LogP contribution < -0.4 is 10.6 Å². The molecule has 4 rings (SSSR count). The second-order valence-electron chi connectivity index (χ2n) is 12.5. The SMILES string of the molecule is CC(C)c1ccc2c(c1)CC[C@H]1C[C@](C)(CNC(=S)N[C@@H]3CCCC[C@H]3N(C)C)CC[C@]21C. The number of nitrogens with one attached hydrogen (secondary N) is 2. The van der Waals surface area contributed by atoms with Gasteiger partial charge in [0.25, 0.3) is 0 Å². The van der Waals surface area contributed by atoms with Gasteiger partial charge in [0.2, 0.25) is 0 Å². The molecular formula is C29H47N3S. The van der Waals surface area contributed by atoms with E-state index < -0.39 is 0 Å². The molecule has 1 aromatic carbocycles. The van der Waals surface area contributed by atoms with Gasteiger partial charge in [-0.2, -0.15) is 0 Å². The number of hydrogen-bond donors (Lipinski definition) is 2. The Labute approximate surface area is 208 Å². The van der Waals surface area contributed by atoms with E-state index in [2.05, 4.69) is 75.5 Å². The van der Waals surface area contributed by atoms with E-state index in [1.165, 1.54) is 63.4 Å². The van der Waals surface area contributed by atoms with E-state index >= 15 is 0 Å². The molecule has 3 aliphatic rings. The lowest BCUT2D eigenvalue weighted by Gasteiger charge is -2.52. The van der Waals surface area contributed by atoms with E-state index in [4.69, 9.17) is 12.2 Å². The third kappa shape index (κ3) is 5.27. The van der Waals surface area contributed by atoms with Crippen molar-refractivity contribution in [1.82, 2.24) is 15.5 Å². The van der Waals surface area contributed by atoms with Crippen LogP contribution in [0, 0.1) is 11.3 Å². The lowest BCUT2D eigenvalue weighted by Crippen LogP contribution is -2.55. The van der Waals surface area contributed by atoms with Crippen LogP contribution in [0.25, 0.3) is 0 Å². The van der Waals surface area contributed by atoms with Gasteiger partial charge in [-0.15, -0.1) is 0 Å². The van der Waals surface area contributed by atoms with Crippen molar-refractivity contribution in [3.8, 4) is 0 Å². The zero-order valence-electron chi connectivity index (χ0n) is 22.0. The van der Waals surface area contributed by atoms with Crippen LogP contribution in [0.2, 0.25) is 0 Å². The number of rotatable bonds is 5. The van der Waals surface area contributed by atoms with E-state index in [0.29, 0.717) is 28.8 Å². The molecule has 184 valence electrons. The third-order valence-corrected chi connectivity index (χ3v) is 9.71. The molecule has 0 aliphatic heterocycles. The zero-order chi connectivity index (χ0) is 23.8. The van der Waals surface area contributed by atoms with E-state index in [-0.39, 0.29) is 0 Å². The molecule has 0 aromatic heterocycles. The molecular weight excluding hydrogens is 422 g/mol. The van der Waals surface area contributed by atoms with Gasteiger partial charge in [0, 0.05) is 18.6 Å². The fourth-order valence-electron chi connectivity index (χ4n) is 7.10. The molecule has 5 atom stereocenters. The fourth-order valence-corrected chi connectivity index (χ4v) is 7.32. The number of likely N-dealkylation sites (N-methyl/N-ethyl adjacent to an activating group) is 1. The van der Waals surface area contributed by atoms with Crippen molar-refractivity contribution in [3.05, 3.63) is 34.9 Å². The summed E-state index contributed by atoms with van der Waals surface area (Å²) in [5.74, 6) is 1.38. The van der Waals surface area contributed by atoms with Gasteiger partial charge in [0.15, 0.2) is 5.11 Å². The van der Waals surface area contributed by atoms with E-state index in [0.717, 1.165) is 17.6 Å². The van der Waals surface area contributed by atoms with Gasteiger partial charge >= 0.3 is 0 Å². The quantitative estimate of drug-likeness (QED) is 0.505. The molecule has 0 spiro atoms. The van der Waals surface area contributed by atoms with Gasteiger partial charge in [-0.1, -0.05) is 58.7 Å². The molecule has 2 N–H and O–H groups in total. The molecule has 2 fully saturated rings. The summed E-state index contributed by atoms with van der Waals surface area (Å²) in [5, 5.41) is 8.19. The van der Waals surface area contributed by atoms with Crippen LogP contribution >= 0.6 is 12.2 Å². The van der Waals surface area contributed by atoms with Gasteiger partial charge in [-0.25, -0.2) is 0 Å². The van der Waals surface area contributed by atoms with Crippen LogP contribution in [0.4, 0.5) is 0 Å². The van der Waals surface area contributed by atoms with Crippen LogP contribution in [-0.4, -0.2) is 42.7 Å². The summed E-state index contributed by atoms with van der Waals surface area (Å²) in [5.41, 5.74) is 5.41. The molecule has 3 aliphatic carbocycles. The Balaban J connectivity index is 1.36. The van der Waals surface area contributed by atoms with E-state index in [1.54, 1.807) is 11.1 Å². The first kappa shape index (κ1) is 25.0. The summed E-state index contributed by atoms with van der Waals surface area (Å²) in [4.78, 5) is 2.37. The maximum absolute atomic E-state index is 5.77. The highest BCUT2D eigenvalue weighted by Gasteiger charge is 2.47. The standard InChI is InChI=1S/C29H47N3S/c1-20(2)21-12-14-24-22(17-21)11-13-23-18-28(3,15-16-29(23,24)4)19-30-27(33)31-25-9-7-8-10-26(25)32(5)6/h12,14,17,20,23,25-26H,7-11,13,15-16,18-19H2,1-6H3,(H2,30,31,33)/t23-,25+,26+,28+,29-/m0/s1. The summed E-state index contributed by atoms with van der Waals surface area (Å²) in [6.45, 7) is 10.6. The monoisotopic (exact) mass is 469 g/mol. The predicted molar refractivity (Wildman–Crippen MR) is 145 cm³/mol. The van der Waals surface area contributed by atoms with Crippen LogP contribution in [0.15, 0.2) is 18.2 Å². The lowest BCUT2D eigenvalue weighted by molar-refractivity contribution is 0.0734. The summed E-state index contributed by atoms with van der Waals surface area (Å²) < 4.78 is 0. The molecule has 0 saturated heterocycles. The molecule has 4 heteroatoms. The highest BCUT2D eigenvalue weighted by atomic mass is 32.1. The molecule has 0 amide bonds. The maximum atomic E-state index is 5.77. The molecule has 0 radical (unpaired) electrons. The highest BCUT2D eigenvalue weighted by Crippen LogP contribution is 2.54. The first-order valence-electron chi connectivity index (χ1n) is 13.5. The second-order valence-corrected chi connectivity index (χ2v) is 12.9. The number of thiocarbonyl (C=S) groups is 1. The van der Waals surface area contributed by atoms with Crippen LogP contribution in [0.1, 0.15) is 102 Å². The second kappa shape index (κ2) is 9.85. The molecule has 0 bridgehead atoms. The van der Waals surface area contributed by atoms with Crippen molar-refractivity contribution < 1.29 is 0 Å². The third-order valence-electron chi connectivity index (χ3n) is 9.45. The Hall–Kier alpha value is -1.13. The van der Waals surface area contributed by atoms with Crippen molar-refractivity contribution in [2.45, 2.75) is 109 Å². The molecule has 2 saturated carbocycles. The van der Waals surface area contributed by atoms with Crippen LogP contribution in [0.3, 0.4) is 0 Å². The van der Waals surface area contributed by atoms with E-state index in [1.807, 2.05) is 0 Å². The molecule has 1 aromatic rings. The lowest BCUT2D eigenvalue weighted by atomic mass is 9.53. The Kier molecular flexibility index (Phi) is 7.46. The predicted octanol–water partition coefficient (Wildman–Crippen LogP) is 6.16.